The molecule has 0 bridgehead atoms. The second-order valence-electron chi connectivity index (χ2n) is 8.92. The fourth-order valence-electron chi connectivity index (χ4n) is 3.93. The number of pyridine rings is 1. The first-order valence-corrected chi connectivity index (χ1v) is 11.7. The first-order chi connectivity index (χ1) is 16.7. The highest BCUT2D eigenvalue weighted by Gasteiger charge is 2.18. The maximum atomic E-state index is 13.0. The monoisotopic (exact) mass is 475 g/mol. The third kappa shape index (κ3) is 7.39. The van der Waals surface area contributed by atoms with Gasteiger partial charge in [-0.3, -0.25) is 14.4 Å². The van der Waals surface area contributed by atoms with Crippen LogP contribution >= 0.6 is 0 Å². The van der Waals surface area contributed by atoms with Crippen LogP contribution in [0.25, 0.3) is 0 Å². The van der Waals surface area contributed by atoms with Gasteiger partial charge in [-0.25, -0.2) is 0 Å². The summed E-state index contributed by atoms with van der Waals surface area (Å²) in [4.78, 5) is 37.7. The summed E-state index contributed by atoms with van der Waals surface area (Å²) in [7, 11) is 0. The van der Waals surface area contributed by atoms with E-state index in [-0.39, 0.29) is 30.0 Å². The van der Waals surface area contributed by atoms with Crippen LogP contribution in [0.5, 0.6) is 0 Å². The number of benzene rings is 2. The molecule has 1 heterocycles. The molecule has 0 spiro atoms. The predicted molar refractivity (Wildman–Crippen MR) is 136 cm³/mol. The molecule has 0 aliphatic rings. The van der Waals surface area contributed by atoms with Gasteiger partial charge in [0.2, 0.25) is 5.91 Å². The SMILES string of the molecule is Cc1cc(=O)n(CC(=O)NC(C)C)c(C)c1C(=O)NCc1cccc(COCc2ccccc2)c1. The van der Waals surface area contributed by atoms with Crippen LogP contribution in [-0.4, -0.2) is 22.4 Å². The molecule has 2 aromatic carbocycles. The Hall–Kier alpha value is -3.71. The van der Waals surface area contributed by atoms with E-state index >= 15 is 0 Å². The minimum absolute atomic E-state index is 0.0359. The minimum Gasteiger partial charge on any atom is -0.372 e. The molecule has 0 aliphatic heterocycles. The molecule has 0 unspecified atom stereocenters. The molecule has 0 atom stereocenters. The van der Waals surface area contributed by atoms with Crippen LogP contribution in [0.1, 0.15) is 52.2 Å². The quantitative estimate of drug-likeness (QED) is 0.469. The maximum Gasteiger partial charge on any atom is 0.253 e. The Labute approximate surface area is 206 Å². The normalized spacial score (nSPS) is 10.9. The number of hydrogen-bond donors (Lipinski definition) is 2. The molecular formula is C28H33N3O4. The summed E-state index contributed by atoms with van der Waals surface area (Å²) in [6, 6.07) is 19.2. The van der Waals surface area contributed by atoms with Gasteiger partial charge in [0.1, 0.15) is 6.54 Å². The lowest BCUT2D eigenvalue weighted by Gasteiger charge is -2.17. The van der Waals surface area contributed by atoms with Crippen LogP contribution in [0.3, 0.4) is 0 Å². The van der Waals surface area contributed by atoms with Crippen LogP contribution in [-0.2, 0) is 35.8 Å². The third-order valence-electron chi connectivity index (χ3n) is 5.57. The Morgan fingerprint density at radius 2 is 1.57 bits per heavy atom. The third-order valence-corrected chi connectivity index (χ3v) is 5.57. The number of carbonyl (C=O) groups is 2. The van der Waals surface area contributed by atoms with Crippen LogP contribution in [0, 0.1) is 13.8 Å². The van der Waals surface area contributed by atoms with Crippen molar-refractivity contribution in [2.75, 3.05) is 0 Å². The number of ether oxygens (including phenoxy) is 1. The number of aryl methyl sites for hydroxylation is 1. The molecule has 35 heavy (non-hydrogen) atoms. The number of nitrogens with zero attached hydrogens (tertiary/aromatic N) is 1. The van der Waals surface area contributed by atoms with Crippen molar-refractivity contribution in [1.82, 2.24) is 15.2 Å². The van der Waals surface area contributed by atoms with Crippen molar-refractivity contribution in [1.29, 1.82) is 0 Å². The van der Waals surface area contributed by atoms with Gasteiger partial charge in [0.15, 0.2) is 0 Å². The van der Waals surface area contributed by atoms with E-state index in [1.807, 2.05) is 68.4 Å². The molecule has 7 heteroatoms. The van der Waals surface area contributed by atoms with Gasteiger partial charge in [0, 0.05) is 24.3 Å². The number of hydrogen-bond acceptors (Lipinski definition) is 4. The molecule has 0 aliphatic carbocycles. The van der Waals surface area contributed by atoms with E-state index in [9.17, 15) is 14.4 Å². The van der Waals surface area contributed by atoms with Gasteiger partial charge in [0.25, 0.3) is 11.5 Å². The number of rotatable bonds is 10. The second-order valence-corrected chi connectivity index (χ2v) is 8.92. The highest BCUT2D eigenvalue weighted by atomic mass is 16.5. The first kappa shape index (κ1) is 25.9. The summed E-state index contributed by atoms with van der Waals surface area (Å²) >= 11 is 0. The summed E-state index contributed by atoms with van der Waals surface area (Å²) in [5, 5.41) is 5.72. The lowest BCUT2D eigenvalue weighted by atomic mass is 10.1. The fraction of sp³-hybridized carbons (Fsp3) is 0.321. The number of carbonyl (C=O) groups excluding carboxylic acids is 2. The van der Waals surface area contributed by atoms with Gasteiger partial charge < -0.3 is 19.9 Å². The van der Waals surface area contributed by atoms with E-state index in [0.29, 0.717) is 36.6 Å². The standard InChI is InChI=1S/C28H33N3O4/c1-19(2)30-25(32)16-31-21(4)27(20(3)13-26(31)33)28(34)29-15-23-11-8-12-24(14-23)18-35-17-22-9-6-5-7-10-22/h5-14,19H,15-18H2,1-4H3,(H,29,34)(H,30,32). The van der Waals surface area contributed by atoms with E-state index in [2.05, 4.69) is 10.6 Å². The summed E-state index contributed by atoms with van der Waals surface area (Å²) < 4.78 is 7.15. The van der Waals surface area contributed by atoms with Gasteiger partial charge in [-0.05, 0) is 49.9 Å². The molecule has 3 aromatic rings. The van der Waals surface area contributed by atoms with Crippen molar-refractivity contribution >= 4 is 11.8 Å². The second kappa shape index (κ2) is 12.1. The zero-order chi connectivity index (χ0) is 25.4. The smallest absolute Gasteiger partial charge is 0.253 e. The first-order valence-electron chi connectivity index (χ1n) is 11.7. The molecule has 0 fully saturated rings. The van der Waals surface area contributed by atoms with Crippen LogP contribution in [0.15, 0.2) is 65.5 Å². The van der Waals surface area contributed by atoms with Crippen LogP contribution in [0.2, 0.25) is 0 Å². The molecular weight excluding hydrogens is 442 g/mol. The zero-order valence-electron chi connectivity index (χ0n) is 20.8. The van der Waals surface area contributed by atoms with Crippen LogP contribution in [0.4, 0.5) is 0 Å². The molecule has 184 valence electrons. The van der Waals surface area contributed by atoms with Crippen molar-refractivity contribution < 1.29 is 14.3 Å². The zero-order valence-corrected chi connectivity index (χ0v) is 20.8. The average molecular weight is 476 g/mol. The number of nitrogens with one attached hydrogen (secondary N) is 2. The Morgan fingerprint density at radius 1 is 0.914 bits per heavy atom. The average Bonchev–Trinajstić information content (AvgIpc) is 2.81. The number of amides is 2. The Morgan fingerprint density at radius 3 is 2.29 bits per heavy atom. The Kier molecular flexibility index (Phi) is 8.98. The highest BCUT2D eigenvalue weighted by Crippen LogP contribution is 2.13. The van der Waals surface area contributed by atoms with Crippen molar-refractivity contribution in [3.63, 3.8) is 0 Å². The molecule has 2 amide bonds. The maximum absolute atomic E-state index is 13.0. The molecule has 7 nitrogen and oxygen atoms in total. The number of aromatic nitrogens is 1. The van der Waals surface area contributed by atoms with Gasteiger partial charge in [0.05, 0.1) is 18.8 Å². The molecule has 0 saturated carbocycles. The van der Waals surface area contributed by atoms with E-state index in [1.54, 1.807) is 13.8 Å². The van der Waals surface area contributed by atoms with E-state index in [4.69, 9.17) is 4.74 Å². The van der Waals surface area contributed by atoms with Gasteiger partial charge in [-0.1, -0.05) is 54.6 Å². The largest absolute Gasteiger partial charge is 0.372 e. The van der Waals surface area contributed by atoms with Gasteiger partial charge in [-0.2, -0.15) is 0 Å². The topological polar surface area (TPSA) is 89.4 Å². The Bertz CT molecular complexity index is 1230. The summed E-state index contributed by atoms with van der Waals surface area (Å²) in [5.74, 6) is -0.560. The van der Waals surface area contributed by atoms with Crippen molar-refractivity contribution in [2.45, 2.75) is 60.0 Å². The van der Waals surface area contributed by atoms with Crippen molar-refractivity contribution in [3.05, 3.63) is 105 Å². The van der Waals surface area contributed by atoms with Crippen LogP contribution < -0.4 is 16.2 Å². The summed E-state index contributed by atoms with van der Waals surface area (Å²) in [6.45, 7) is 8.33. The van der Waals surface area contributed by atoms with Crippen molar-refractivity contribution in [2.24, 2.45) is 0 Å². The predicted octanol–water partition coefficient (Wildman–Crippen LogP) is 3.64. The molecule has 2 N–H and O–H groups in total. The van der Waals surface area contributed by atoms with E-state index < -0.39 is 0 Å². The fourth-order valence-corrected chi connectivity index (χ4v) is 3.93. The summed E-state index contributed by atoms with van der Waals surface area (Å²) in [6.07, 6.45) is 0. The molecule has 0 radical (unpaired) electrons. The molecule has 3 rings (SSSR count). The minimum atomic E-state index is -0.307. The molecule has 1 aromatic heterocycles. The van der Waals surface area contributed by atoms with Gasteiger partial charge in [-0.15, -0.1) is 0 Å². The lowest BCUT2D eigenvalue weighted by Crippen LogP contribution is -2.38. The van der Waals surface area contributed by atoms with Crippen molar-refractivity contribution in [3.8, 4) is 0 Å². The Balaban J connectivity index is 1.65. The molecule has 0 saturated heterocycles. The summed E-state index contributed by atoms with van der Waals surface area (Å²) in [5.41, 5.74) is 4.22. The van der Waals surface area contributed by atoms with E-state index in [1.165, 1.54) is 10.6 Å². The highest BCUT2D eigenvalue weighted by molar-refractivity contribution is 5.96. The van der Waals surface area contributed by atoms with Gasteiger partial charge >= 0.3 is 0 Å². The van der Waals surface area contributed by atoms with E-state index in [0.717, 1.165) is 16.7 Å². The lowest BCUT2D eigenvalue weighted by molar-refractivity contribution is -0.122.